The topological polar surface area (TPSA) is 132 Å². The highest BCUT2D eigenvalue weighted by atomic mass is 19.4. The molecule has 0 bridgehead atoms. The van der Waals surface area contributed by atoms with Crippen LogP contribution in [0.2, 0.25) is 0 Å². The SMILES string of the molecule is Cc1nc(-c2cc(-c3cncc(C(=O)N4CC[C@@H](O)C4)c3)ccn2)[nH]c1C.O=C(O)C(F)(F)F. The quantitative estimate of drug-likeness (QED) is 0.528. The van der Waals surface area contributed by atoms with Gasteiger partial charge in [-0.05, 0) is 44.0 Å². The molecule has 1 aliphatic rings. The number of nitrogens with zero attached hydrogens (tertiary/aromatic N) is 4. The maximum atomic E-state index is 12.7. The zero-order valence-electron chi connectivity index (χ0n) is 18.3. The van der Waals surface area contributed by atoms with Crippen LogP contribution in [0.3, 0.4) is 0 Å². The number of aryl methyl sites for hydroxylation is 2. The van der Waals surface area contributed by atoms with Crippen molar-refractivity contribution in [2.75, 3.05) is 13.1 Å². The van der Waals surface area contributed by atoms with Crippen LogP contribution in [0.15, 0.2) is 36.8 Å². The summed E-state index contributed by atoms with van der Waals surface area (Å²) in [6.45, 7) is 4.87. The van der Waals surface area contributed by atoms with Crippen LogP contribution in [0, 0.1) is 13.8 Å². The molecule has 3 N–H and O–H groups in total. The van der Waals surface area contributed by atoms with E-state index in [0.717, 1.165) is 34.0 Å². The van der Waals surface area contributed by atoms with E-state index in [1.807, 2.05) is 32.0 Å². The predicted octanol–water partition coefficient (Wildman–Crippen LogP) is 2.99. The average Bonchev–Trinajstić information content (AvgIpc) is 3.38. The number of aromatic nitrogens is 4. The average molecular weight is 477 g/mol. The van der Waals surface area contributed by atoms with Gasteiger partial charge in [0.1, 0.15) is 5.69 Å². The molecule has 180 valence electrons. The van der Waals surface area contributed by atoms with Gasteiger partial charge in [-0.2, -0.15) is 13.2 Å². The lowest BCUT2D eigenvalue weighted by molar-refractivity contribution is -0.192. The number of carbonyl (C=O) groups is 2. The number of H-pyrrole nitrogens is 1. The molecule has 1 saturated heterocycles. The summed E-state index contributed by atoms with van der Waals surface area (Å²) in [4.78, 5) is 39.6. The Kier molecular flexibility index (Phi) is 7.30. The van der Waals surface area contributed by atoms with Gasteiger partial charge in [-0.3, -0.25) is 14.8 Å². The van der Waals surface area contributed by atoms with E-state index in [9.17, 15) is 23.1 Å². The first-order chi connectivity index (χ1) is 16.0. The van der Waals surface area contributed by atoms with Gasteiger partial charge in [0, 0.05) is 42.9 Å². The summed E-state index contributed by atoms with van der Waals surface area (Å²) in [6.07, 6.45) is 0.122. The largest absolute Gasteiger partial charge is 0.490 e. The number of imidazole rings is 1. The Bertz CT molecular complexity index is 1180. The van der Waals surface area contributed by atoms with Crippen molar-refractivity contribution in [2.45, 2.75) is 32.5 Å². The molecule has 3 aromatic heterocycles. The summed E-state index contributed by atoms with van der Waals surface area (Å²) in [7, 11) is 0. The Hall–Kier alpha value is -3.80. The normalized spacial score (nSPS) is 15.6. The number of alkyl halides is 3. The molecule has 34 heavy (non-hydrogen) atoms. The predicted molar refractivity (Wildman–Crippen MR) is 115 cm³/mol. The Balaban J connectivity index is 0.000000406. The van der Waals surface area contributed by atoms with E-state index in [4.69, 9.17) is 9.90 Å². The van der Waals surface area contributed by atoms with Crippen LogP contribution in [0.1, 0.15) is 28.2 Å². The molecule has 3 aromatic rings. The second-order valence-corrected chi connectivity index (χ2v) is 7.68. The summed E-state index contributed by atoms with van der Waals surface area (Å²) >= 11 is 0. The monoisotopic (exact) mass is 477 g/mol. The van der Waals surface area contributed by atoms with Crippen molar-refractivity contribution in [1.29, 1.82) is 0 Å². The van der Waals surface area contributed by atoms with Crippen molar-refractivity contribution < 1.29 is 33.0 Å². The number of halogens is 3. The third kappa shape index (κ3) is 5.95. The molecule has 1 amide bonds. The van der Waals surface area contributed by atoms with Gasteiger partial charge in [0.2, 0.25) is 0 Å². The van der Waals surface area contributed by atoms with Crippen molar-refractivity contribution in [2.24, 2.45) is 0 Å². The standard InChI is InChI=1S/C20H21N5O2.C2HF3O2/c1-12-13(2)24-19(23-12)18-8-14(3-5-22-18)15-7-16(10-21-9-15)20(27)25-6-4-17(26)11-25;3-2(4,5)1(6)7/h3,5,7-10,17,26H,4,6,11H2,1-2H3,(H,23,24);(H,6,7)/t17-;/m1./s1. The third-order valence-corrected chi connectivity index (χ3v) is 5.14. The number of rotatable bonds is 3. The van der Waals surface area contributed by atoms with Gasteiger partial charge in [0.15, 0.2) is 5.82 Å². The van der Waals surface area contributed by atoms with Crippen molar-refractivity contribution in [1.82, 2.24) is 24.8 Å². The van der Waals surface area contributed by atoms with Gasteiger partial charge >= 0.3 is 12.1 Å². The van der Waals surface area contributed by atoms with Crippen LogP contribution in [-0.2, 0) is 4.79 Å². The number of aliphatic hydroxyl groups is 1. The Morgan fingerprint density at radius 1 is 1.18 bits per heavy atom. The number of aliphatic hydroxyl groups excluding tert-OH is 1. The van der Waals surface area contributed by atoms with E-state index in [1.165, 1.54) is 0 Å². The fourth-order valence-electron chi connectivity index (χ4n) is 3.23. The molecule has 0 unspecified atom stereocenters. The van der Waals surface area contributed by atoms with Crippen LogP contribution < -0.4 is 0 Å². The number of carboxylic acid groups (broad SMARTS) is 1. The highest BCUT2D eigenvalue weighted by molar-refractivity contribution is 5.95. The summed E-state index contributed by atoms with van der Waals surface area (Å²) in [6, 6.07) is 5.65. The summed E-state index contributed by atoms with van der Waals surface area (Å²) in [5, 5.41) is 16.8. The minimum absolute atomic E-state index is 0.104. The van der Waals surface area contributed by atoms with Crippen molar-refractivity contribution in [3.63, 3.8) is 0 Å². The number of likely N-dealkylation sites (tertiary alicyclic amines) is 1. The van der Waals surface area contributed by atoms with Gasteiger partial charge in [-0.25, -0.2) is 9.78 Å². The fourth-order valence-corrected chi connectivity index (χ4v) is 3.23. The van der Waals surface area contributed by atoms with Gasteiger partial charge in [-0.15, -0.1) is 0 Å². The second kappa shape index (κ2) is 10.00. The molecule has 0 saturated carbocycles. The minimum atomic E-state index is -5.08. The molecule has 0 aromatic carbocycles. The summed E-state index contributed by atoms with van der Waals surface area (Å²) in [5.74, 6) is -2.14. The first-order valence-electron chi connectivity index (χ1n) is 10.2. The smallest absolute Gasteiger partial charge is 0.475 e. The zero-order chi connectivity index (χ0) is 25.0. The van der Waals surface area contributed by atoms with Crippen molar-refractivity contribution in [3.8, 4) is 22.6 Å². The first-order valence-corrected chi connectivity index (χ1v) is 10.2. The van der Waals surface area contributed by atoms with Gasteiger partial charge in [-0.1, -0.05) is 0 Å². The van der Waals surface area contributed by atoms with Gasteiger partial charge in [0.25, 0.3) is 5.91 Å². The molecular weight excluding hydrogens is 455 g/mol. The molecule has 1 fully saturated rings. The molecule has 12 heteroatoms. The molecule has 9 nitrogen and oxygen atoms in total. The van der Waals surface area contributed by atoms with Crippen LogP contribution >= 0.6 is 0 Å². The molecular formula is C22H22F3N5O4. The van der Waals surface area contributed by atoms with E-state index in [-0.39, 0.29) is 5.91 Å². The van der Waals surface area contributed by atoms with Crippen LogP contribution in [0.4, 0.5) is 13.2 Å². The number of hydrogen-bond donors (Lipinski definition) is 3. The van der Waals surface area contributed by atoms with E-state index in [0.29, 0.717) is 25.1 Å². The maximum Gasteiger partial charge on any atom is 0.490 e. The molecule has 0 aliphatic carbocycles. The highest BCUT2D eigenvalue weighted by Gasteiger charge is 2.38. The molecule has 4 rings (SSSR count). The van der Waals surface area contributed by atoms with E-state index in [2.05, 4.69) is 19.9 Å². The summed E-state index contributed by atoms with van der Waals surface area (Å²) < 4.78 is 31.7. The molecule has 0 spiro atoms. The fraction of sp³-hybridized carbons (Fsp3) is 0.318. The number of carboxylic acids is 1. The van der Waals surface area contributed by atoms with Crippen LogP contribution in [0.5, 0.6) is 0 Å². The summed E-state index contributed by atoms with van der Waals surface area (Å²) in [5.41, 5.74) is 4.96. The first kappa shape index (κ1) is 24.8. The Morgan fingerprint density at radius 2 is 1.88 bits per heavy atom. The minimum Gasteiger partial charge on any atom is -0.475 e. The lowest BCUT2D eigenvalue weighted by Crippen LogP contribution is -2.29. The lowest BCUT2D eigenvalue weighted by Gasteiger charge is -2.15. The number of amides is 1. The van der Waals surface area contributed by atoms with Crippen LogP contribution in [0.25, 0.3) is 22.6 Å². The Morgan fingerprint density at radius 3 is 2.44 bits per heavy atom. The number of pyridine rings is 2. The van der Waals surface area contributed by atoms with Crippen molar-refractivity contribution in [3.05, 3.63) is 53.7 Å². The number of β-amino-alcohol motifs (C(OH)–C–C–N with tert-alkyl or cyclic N) is 1. The highest BCUT2D eigenvalue weighted by Crippen LogP contribution is 2.25. The van der Waals surface area contributed by atoms with E-state index >= 15 is 0 Å². The molecule has 4 heterocycles. The maximum absolute atomic E-state index is 12.7. The number of carbonyl (C=O) groups excluding carboxylic acids is 1. The van der Waals surface area contributed by atoms with Crippen LogP contribution in [-0.4, -0.2) is 72.3 Å². The second-order valence-electron chi connectivity index (χ2n) is 7.68. The number of aromatic amines is 1. The van der Waals surface area contributed by atoms with Gasteiger partial charge in [0.05, 0.1) is 17.4 Å². The zero-order valence-corrected chi connectivity index (χ0v) is 18.3. The molecule has 1 aliphatic heterocycles. The van der Waals surface area contributed by atoms with E-state index in [1.54, 1.807) is 23.5 Å². The number of hydrogen-bond acceptors (Lipinski definition) is 6. The van der Waals surface area contributed by atoms with Gasteiger partial charge < -0.3 is 20.1 Å². The van der Waals surface area contributed by atoms with Crippen molar-refractivity contribution >= 4 is 11.9 Å². The lowest BCUT2D eigenvalue weighted by atomic mass is 10.1. The third-order valence-electron chi connectivity index (χ3n) is 5.14. The molecule has 0 radical (unpaired) electrons. The van der Waals surface area contributed by atoms with E-state index < -0.39 is 18.2 Å². The molecule has 1 atom stereocenters. The Labute approximate surface area is 192 Å². The number of aliphatic carboxylic acids is 1. The number of nitrogens with one attached hydrogen (secondary N) is 1.